The van der Waals surface area contributed by atoms with Gasteiger partial charge in [-0.2, -0.15) is 5.06 Å². The number of rotatable bonds is 2. The number of benzene rings is 1. The van der Waals surface area contributed by atoms with E-state index in [4.69, 9.17) is 9.57 Å². The summed E-state index contributed by atoms with van der Waals surface area (Å²) in [4.78, 5) is 5.68. The molecule has 2 aliphatic heterocycles. The van der Waals surface area contributed by atoms with Crippen molar-refractivity contribution in [3.8, 4) is 0 Å². The van der Waals surface area contributed by atoms with E-state index in [2.05, 4.69) is 29.3 Å². The molecule has 0 aromatic heterocycles. The molecule has 0 amide bonds. The van der Waals surface area contributed by atoms with Crippen molar-refractivity contribution in [3.63, 3.8) is 0 Å². The number of ether oxygens (including phenoxy) is 1. The van der Waals surface area contributed by atoms with Gasteiger partial charge in [0.05, 0.1) is 25.9 Å². The van der Waals surface area contributed by atoms with E-state index < -0.39 is 0 Å². The highest BCUT2D eigenvalue weighted by molar-refractivity contribution is 5.14. The molecule has 0 radical (unpaired) electrons. The fourth-order valence-electron chi connectivity index (χ4n) is 2.28. The zero-order valence-corrected chi connectivity index (χ0v) is 8.63. The van der Waals surface area contributed by atoms with Crippen LogP contribution in [-0.2, 0) is 16.1 Å². The molecule has 0 spiro atoms. The first-order chi connectivity index (χ1) is 7.43. The molecule has 1 aromatic rings. The molecule has 0 saturated carbocycles. The van der Waals surface area contributed by atoms with E-state index in [-0.39, 0.29) is 0 Å². The van der Waals surface area contributed by atoms with Gasteiger partial charge >= 0.3 is 0 Å². The normalized spacial score (nSPS) is 30.7. The van der Waals surface area contributed by atoms with Gasteiger partial charge in [-0.25, -0.2) is 0 Å². The van der Waals surface area contributed by atoms with Crippen molar-refractivity contribution in [2.24, 2.45) is 5.92 Å². The first-order valence-corrected chi connectivity index (χ1v) is 5.45. The Morgan fingerprint density at radius 1 is 1.13 bits per heavy atom. The Balaban J connectivity index is 1.69. The van der Waals surface area contributed by atoms with Gasteiger partial charge in [0.15, 0.2) is 0 Å². The van der Waals surface area contributed by atoms with Gasteiger partial charge < -0.3 is 4.74 Å². The molecule has 3 heteroatoms. The van der Waals surface area contributed by atoms with Crippen LogP contribution in [0.15, 0.2) is 30.3 Å². The molecular weight excluding hydrogens is 190 g/mol. The summed E-state index contributed by atoms with van der Waals surface area (Å²) in [6.07, 6.45) is 0. The van der Waals surface area contributed by atoms with E-state index in [9.17, 15) is 0 Å². The Bertz CT molecular complexity index is 328. The van der Waals surface area contributed by atoms with Gasteiger partial charge in [0.2, 0.25) is 0 Å². The maximum atomic E-state index is 5.68. The highest BCUT2D eigenvalue weighted by atomic mass is 16.7. The first-order valence-electron chi connectivity index (χ1n) is 5.45. The van der Waals surface area contributed by atoms with Crippen LogP contribution in [0.2, 0.25) is 0 Å². The summed E-state index contributed by atoms with van der Waals surface area (Å²) in [7, 11) is 0. The van der Waals surface area contributed by atoms with Crippen molar-refractivity contribution in [1.82, 2.24) is 5.06 Å². The predicted molar refractivity (Wildman–Crippen MR) is 56.0 cm³/mol. The summed E-state index contributed by atoms with van der Waals surface area (Å²) in [6.45, 7) is 3.36. The topological polar surface area (TPSA) is 21.7 Å². The van der Waals surface area contributed by atoms with Gasteiger partial charge in [0.1, 0.15) is 0 Å². The number of hydroxylamine groups is 2. The van der Waals surface area contributed by atoms with Crippen molar-refractivity contribution < 1.29 is 9.57 Å². The Morgan fingerprint density at radius 3 is 2.87 bits per heavy atom. The fourth-order valence-corrected chi connectivity index (χ4v) is 2.28. The SMILES string of the molecule is c1ccc(CN2OC[C@H]3COC[C@H]32)cc1. The van der Waals surface area contributed by atoms with Crippen molar-refractivity contribution in [1.29, 1.82) is 0 Å². The minimum Gasteiger partial charge on any atom is -0.379 e. The molecule has 0 aliphatic carbocycles. The third kappa shape index (κ3) is 1.78. The van der Waals surface area contributed by atoms with Gasteiger partial charge in [-0.3, -0.25) is 4.84 Å². The van der Waals surface area contributed by atoms with E-state index in [0.717, 1.165) is 26.4 Å². The quantitative estimate of drug-likeness (QED) is 0.729. The lowest BCUT2D eigenvalue weighted by Crippen LogP contribution is -2.31. The maximum Gasteiger partial charge on any atom is 0.0752 e. The molecule has 15 heavy (non-hydrogen) atoms. The largest absolute Gasteiger partial charge is 0.379 e. The molecule has 0 unspecified atom stereocenters. The molecule has 0 N–H and O–H groups in total. The Hall–Kier alpha value is -0.900. The van der Waals surface area contributed by atoms with Crippen LogP contribution in [0.25, 0.3) is 0 Å². The Labute approximate surface area is 89.6 Å². The number of fused-ring (bicyclic) bond motifs is 1. The second-order valence-electron chi connectivity index (χ2n) is 4.22. The molecule has 80 valence electrons. The van der Waals surface area contributed by atoms with Crippen LogP contribution >= 0.6 is 0 Å². The third-order valence-corrected chi connectivity index (χ3v) is 3.17. The summed E-state index contributed by atoms with van der Waals surface area (Å²) in [5.41, 5.74) is 1.30. The van der Waals surface area contributed by atoms with E-state index in [1.165, 1.54) is 5.56 Å². The van der Waals surface area contributed by atoms with Gasteiger partial charge in [-0.05, 0) is 5.56 Å². The fraction of sp³-hybridized carbons (Fsp3) is 0.500. The lowest BCUT2D eigenvalue weighted by atomic mass is 10.1. The predicted octanol–water partition coefficient (Wildman–Crippen LogP) is 1.45. The van der Waals surface area contributed by atoms with Crippen molar-refractivity contribution in [2.75, 3.05) is 19.8 Å². The van der Waals surface area contributed by atoms with E-state index >= 15 is 0 Å². The zero-order valence-electron chi connectivity index (χ0n) is 8.63. The van der Waals surface area contributed by atoms with Crippen LogP contribution in [0.3, 0.4) is 0 Å². The second kappa shape index (κ2) is 3.93. The molecule has 2 heterocycles. The van der Waals surface area contributed by atoms with E-state index in [1.54, 1.807) is 0 Å². The standard InChI is InChI=1S/C12H15NO2/c1-2-4-10(5-3-1)6-13-12-9-14-7-11(12)8-15-13/h1-5,11-12H,6-9H2/t11-,12-/m1/s1. The van der Waals surface area contributed by atoms with E-state index in [1.807, 2.05) is 6.07 Å². The highest BCUT2D eigenvalue weighted by Gasteiger charge is 2.39. The van der Waals surface area contributed by atoms with E-state index in [0.29, 0.717) is 12.0 Å². The van der Waals surface area contributed by atoms with Gasteiger partial charge in [-0.1, -0.05) is 30.3 Å². The monoisotopic (exact) mass is 205 g/mol. The van der Waals surface area contributed by atoms with Crippen LogP contribution < -0.4 is 0 Å². The number of nitrogens with zero attached hydrogens (tertiary/aromatic N) is 1. The lowest BCUT2D eigenvalue weighted by Gasteiger charge is -2.20. The molecule has 3 rings (SSSR count). The van der Waals surface area contributed by atoms with Crippen LogP contribution in [-0.4, -0.2) is 30.9 Å². The smallest absolute Gasteiger partial charge is 0.0752 e. The number of hydrogen-bond donors (Lipinski definition) is 0. The van der Waals surface area contributed by atoms with Crippen LogP contribution in [0.1, 0.15) is 5.56 Å². The summed E-state index contributed by atoms with van der Waals surface area (Å²) < 4.78 is 5.46. The summed E-state index contributed by atoms with van der Waals surface area (Å²) in [6, 6.07) is 10.9. The molecule has 2 saturated heterocycles. The van der Waals surface area contributed by atoms with Gasteiger partial charge in [-0.15, -0.1) is 0 Å². The van der Waals surface area contributed by atoms with Crippen molar-refractivity contribution >= 4 is 0 Å². The van der Waals surface area contributed by atoms with Crippen molar-refractivity contribution in [3.05, 3.63) is 35.9 Å². The highest BCUT2D eigenvalue weighted by Crippen LogP contribution is 2.28. The zero-order chi connectivity index (χ0) is 10.1. The molecule has 2 atom stereocenters. The van der Waals surface area contributed by atoms with Gasteiger partial charge in [0, 0.05) is 12.5 Å². The minimum absolute atomic E-state index is 0.463. The molecule has 2 fully saturated rings. The Kier molecular flexibility index (Phi) is 2.44. The maximum absolute atomic E-state index is 5.68. The summed E-state index contributed by atoms with van der Waals surface area (Å²) in [5.74, 6) is 0.578. The average Bonchev–Trinajstić information content (AvgIpc) is 2.85. The average molecular weight is 205 g/mol. The van der Waals surface area contributed by atoms with Crippen LogP contribution in [0, 0.1) is 5.92 Å². The minimum atomic E-state index is 0.463. The molecule has 0 bridgehead atoms. The Morgan fingerprint density at radius 2 is 2.00 bits per heavy atom. The molecule has 3 nitrogen and oxygen atoms in total. The first kappa shape index (κ1) is 9.33. The molecule has 2 aliphatic rings. The number of hydrogen-bond acceptors (Lipinski definition) is 3. The lowest BCUT2D eigenvalue weighted by molar-refractivity contribution is -0.148. The molecule has 1 aromatic carbocycles. The summed E-state index contributed by atoms with van der Waals surface area (Å²) in [5, 5.41) is 2.08. The molecular formula is C12H15NO2. The second-order valence-corrected chi connectivity index (χ2v) is 4.22. The third-order valence-electron chi connectivity index (χ3n) is 3.17. The van der Waals surface area contributed by atoms with Crippen molar-refractivity contribution in [2.45, 2.75) is 12.6 Å². The van der Waals surface area contributed by atoms with Crippen LogP contribution in [0.4, 0.5) is 0 Å². The van der Waals surface area contributed by atoms with Gasteiger partial charge in [0.25, 0.3) is 0 Å². The summed E-state index contributed by atoms with van der Waals surface area (Å²) >= 11 is 0. The van der Waals surface area contributed by atoms with Crippen LogP contribution in [0.5, 0.6) is 0 Å².